The van der Waals surface area contributed by atoms with Crippen molar-refractivity contribution >= 4 is 11.7 Å². The Bertz CT molecular complexity index is 404. The zero-order valence-corrected chi connectivity index (χ0v) is 8.62. The molecule has 6 heteroatoms. The lowest BCUT2D eigenvalue weighted by Gasteiger charge is -2.11. The molecule has 0 radical (unpaired) electrons. The first kappa shape index (κ1) is 12.0. The number of nitro benzene ring substituents is 1. The maximum atomic E-state index is 10.5. The van der Waals surface area contributed by atoms with Crippen LogP contribution in [0.5, 0.6) is 5.75 Å². The second-order valence-electron chi connectivity index (χ2n) is 3.28. The molecular weight excluding hydrogens is 214 g/mol. The van der Waals surface area contributed by atoms with E-state index in [0.29, 0.717) is 5.75 Å². The molecule has 0 aliphatic heterocycles. The summed E-state index contributed by atoms with van der Waals surface area (Å²) in [5.74, 6) is -0.680. The van der Waals surface area contributed by atoms with Gasteiger partial charge < -0.3 is 9.84 Å². The van der Waals surface area contributed by atoms with Crippen molar-refractivity contribution in [2.75, 3.05) is 0 Å². The van der Waals surface area contributed by atoms with E-state index >= 15 is 0 Å². The van der Waals surface area contributed by atoms with Gasteiger partial charge in [-0.3, -0.25) is 14.9 Å². The largest absolute Gasteiger partial charge is 0.490 e. The number of carboxylic acids is 1. The van der Waals surface area contributed by atoms with Gasteiger partial charge in [0.05, 0.1) is 17.4 Å². The van der Waals surface area contributed by atoms with Crippen LogP contribution in [0.15, 0.2) is 24.3 Å². The molecule has 0 fully saturated rings. The Morgan fingerprint density at radius 3 is 2.88 bits per heavy atom. The van der Waals surface area contributed by atoms with E-state index in [-0.39, 0.29) is 12.1 Å². The SMILES string of the molecule is CC(CC(=O)O)Oc1cccc([N+](=O)[O-])c1. The molecule has 0 saturated carbocycles. The molecular formula is C10H11NO5. The van der Waals surface area contributed by atoms with Gasteiger partial charge in [0.15, 0.2) is 0 Å². The van der Waals surface area contributed by atoms with Gasteiger partial charge in [-0.1, -0.05) is 6.07 Å². The van der Waals surface area contributed by atoms with Crippen molar-refractivity contribution in [3.05, 3.63) is 34.4 Å². The fraction of sp³-hybridized carbons (Fsp3) is 0.300. The molecule has 1 N–H and O–H groups in total. The number of ether oxygens (including phenoxy) is 1. The predicted octanol–water partition coefficient (Wildman–Crippen LogP) is 1.84. The fourth-order valence-corrected chi connectivity index (χ4v) is 1.19. The molecule has 0 amide bonds. The Labute approximate surface area is 91.6 Å². The van der Waals surface area contributed by atoms with Gasteiger partial charge in [-0.2, -0.15) is 0 Å². The molecule has 1 aromatic carbocycles. The van der Waals surface area contributed by atoms with Crippen LogP contribution in [0.2, 0.25) is 0 Å². The van der Waals surface area contributed by atoms with Crippen molar-refractivity contribution < 1.29 is 19.6 Å². The second kappa shape index (κ2) is 5.11. The quantitative estimate of drug-likeness (QED) is 0.609. The molecule has 0 saturated heterocycles. The standard InChI is InChI=1S/C10H11NO5/c1-7(5-10(12)13)16-9-4-2-3-8(6-9)11(14)15/h2-4,6-7H,5H2,1H3,(H,12,13). The van der Waals surface area contributed by atoms with Crippen LogP contribution in [-0.2, 0) is 4.79 Å². The fourth-order valence-electron chi connectivity index (χ4n) is 1.19. The summed E-state index contributed by atoms with van der Waals surface area (Å²) in [6.45, 7) is 1.59. The third kappa shape index (κ3) is 3.56. The van der Waals surface area contributed by atoms with E-state index in [1.54, 1.807) is 13.0 Å². The first-order valence-electron chi connectivity index (χ1n) is 4.62. The highest BCUT2D eigenvalue weighted by molar-refractivity contribution is 5.67. The molecule has 0 heterocycles. The Morgan fingerprint density at radius 1 is 1.62 bits per heavy atom. The van der Waals surface area contributed by atoms with Crippen molar-refractivity contribution in [1.82, 2.24) is 0 Å². The Kier molecular flexibility index (Phi) is 3.82. The van der Waals surface area contributed by atoms with Crippen molar-refractivity contribution in [2.45, 2.75) is 19.4 Å². The van der Waals surface area contributed by atoms with Crippen LogP contribution in [0.1, 0.15) is 13.3 Å². The maximum absolute atomic E-state index is 10.5. The Morgan fingerprint density at radius 2 is 2.31 bits per heavy atom. The molecule has 0 spiro atoms. The molecule has 1 rings (SSSR count). The number of carboxylic acid groups (broad SMARTS) is 1. The number of non-ortho nitro benzene ring substituents is 1. The number of benzene rings is 1. The molecule has 16 heavy (non-hydrogen) atoms. The number of carbonyl (C=O) groups is 1. The van der Waals surface area contributed by atoms with Crippen LogP contribution in [0.3, 0.4) is 0 Å². The topological polar surface area (TPSA) is 89.7 Å². The normalized spacial score (nSPS) is 11.8. The molecule has 6 nitrogen and oxygen atoms in total. The smallest absolute Gasteiger partial charge is 0.307 e. The second-order valence-corrected chi connectivity index (χ2v) is 3.28. The van der Waals surface area contributed by atoms with Gasteiger partial charge in [0.2, 0.25) is 0 Å². The molecule has 86 valence electrons. The van der Waals surface area contributed by atoms with Crippen LogP contribution in [-0.4, -0.2) is 22.1 Å². The number of nitrogens with zero attached hydrogens (tertiary/aromatic N) is 1. The molecule has 1 aromatic rings. The van der Waals surface area contributed by atoms with Gasteiger partial charge in [-0.05, 0) is 13.0 Å². The van der Waals surface area contributed by atoms with E-state index in [1.165, 1.54) is 18.2 Å². The van der Waals surface area contributed by atoms with Crippen molar-refractivity contribution in [2.24, 2.45) is 0 Å². The van der Waals surface area contributed by atoms with Gasteiger partial charge in [0.25, 0.3) is 5.69 Å². The maximum Gasteiger partial charge on any atom is 0.307 e. The van der Waals surface area contributed by atoms with Gasteiger partial charge in [-0.15, -0.1) is 0 Å². The number of aliphatic carboxylic acids is 1. The van der Waals surface area contributed by atoms with Crippen LogP contribution >= 0.6 is 0 Å². The van der Waals surface area contributed by atoms with Crippen LogP contribution in [0.4, 0.5) is 5.69 Å². The van der Waals surface area contributed by atoms with Crippen molar-refractivity contribution in [3.8, 4) is 5.75 Å². The Balaban J connectivity index is 2.70. The van der Waals surface area contributed by atoms with Crippen LogP contribution in [0.25, 0.3) is 0 Å². The lowest BCUT2D eigenvalue weighted by Crippen LogP contribution is -2.16. The van der Waals surface area contributed by atoms with Crippen molar-refractivity contribution in [3.63, 3.8) is 0 Å². The molecule has 0 aromatic heterocycles. The minimum atomic E-state index is -0.974. The zero-order chi connectivity index (χ0) is 12.1. The molecule has 0 aliphatic carbocycles. The minimum Gasteiger partial charge on any atom is -0.490 e. The summed E-state index contributed by atoms with van der Waals surface area (Å²) >= 11 is 0. The molecule has 1 unspecified atom stereocenters. The van der Waals surface area contributed by atoms with Crippen molar-refractivity contribution in [1.29, 1.82) is 0 Å². The van der Waals surface area contributed by atoms with E-state index in [1.807, 2.05) is 0 Å². The third-order valence-electron chi connectivity index (χ3n) is 1.83. The van der Waals surface area contributed by atoms with Gasteiger partial charge >= 0.3 is 5.97 Å². The summed E-state index contributed by atoms with van der Waals surface area (Å²) < 4.78 is 5.23. The summed E-state index contributed by atoms with van der Waals surface area (Å²) in [6, 6.07) is 5.64. The van der Waals surface area contributed by atoms with E-state index < -0.39 is 17.0 Å². The number of rotatable bonds is 5. The highest BCUT2D eigenvalue weighted by Gasteiger charge is 2.11. The van der Waals surface area contributed by atoms with Gasteiger partial charge in [0.1, 0.15) is 11.9 Å². The molecule has 1 atom stereocenters. The van der Waals surface area contributed by atoms with E-state index in [0.717, 1.165) is 0 Å². The van der Waals surface area contributed by atoms with E-state index in [2.05, 4.69) is 0 Å². The number of hydrogen-bond acceptors (Lipinski definition) is 4. The summed E-state index contributed by atoms with van der Waals surface area (Å²) in [7, 11) is 0. The average molecular weight is 225 g/mol. The minimum absolute atomic E-state index is 0.0833. The van der Waals surface area contributed by atoms with E-state index in [4.69, 9.17) is 9.84 Å². The van der Waals surface area contributed by atoms with Crippen LogP contribution in [0, 0.1) is 10.1 Å². The predicted molar refractivity (Wildman–Crippen MR) is 55.4 cm³/mol. The monoisotopic (exact) mass is 225 g/mol. The van der Waals surface area contributed by atoms with E-state index in [9.17, 15) is 14.9 Å². The first-order valence-corrected chi connectivity index (χ1v) is 4.62. The third-order valence-corrected chi connectivity index (χ3v) is 1.83. The summed E-state index contributed by atoms with van der Waals surface area (Å²) in [6.07, 6.45) is -0.678. The lowest BCUT2D eigenvalue weighted by atomic mass is 10.2. The highest BCUT2D eigenvalue weighted by atomic mass is 16.6. The summed E-state index contributed by atoms with van der Waals surface area (Å²) in [5, 5.41) is 19.0. The lowest BCUT2D eigenvalue weighted by molar-refractivity contribution is -0.384. The van der Waals surface area contributed by atoms with Crippen LogP contribution < -0.4 is 4.74 Å². The summed E-state index contributed by atoms with van der Waals surface area (Å²) in [5.41, 5.74) is -0.0833. The molecule has 0 bridgehead atoms. The van der Waals surface area contributed by atoms with Gasteiger partial charge in [-0.25, -0.2) is 0 Å². The Hall–Kier alpha value is -2.11. The zero-order valence-electron chi connectivity index (χ0n) is 8.62. The number of nitro groups is 1. The summed E-state index contributed by atoms with van der Waals surface area (Å²) in [4.78, 5) is 20.3. The average Bonchev–Trinajstić information content (AvgIpc) is 2.16. The number of hydrogen-bond donors (Lipinski definition) is 1. The molecule has 0 aliphatic rings. The first-order chi connectivity index (χ1) is 7.49. The van der Waals surface area contributed by atoms with Gasteiger partial charge in [0, 0.05) is 6.07 Å². The highest BCUT2D eigenvalue weighted by Crippen LogP contribution is 2.20.